The summed E-state index contributed by atoms with van der Waals surface area (Å²) >= 11 is 0. The smallest absolute Gasteiger partial charge is 0.135 e. The Balaban J connectivity index is 0.000000107. The lowest BCUT2D eigenvalue weighted by molar-refractivity contribution is 0.668. The summed E-state index contributed by atoms with van der Waals surface area (Å²) in [5, 5.41) is 21.9. The Bertz CT molecular complexity index is 8210. The Morgan fingerprint density at radius 3 is 0.553 bits per heavy atom. The molecule has 3 heteroatoms. The molecular weight excluding hydrogens is 1490 g/mol. The molecule has 0 unspecified atom stereocenters. The van der Waals surface area contributed by atoms with Crippen molar-refractivity contribution in [1.82, 2.24) is 0 Å². The lowest BCUT2D eigenvalue weighted by Crippen LogP contribution is -1.92. The van der Waals surface area contributed by atoms with Crippen LogP contribution in [0.15, 0.2) is 474 Å². The number of fused-ring (bicyclic) bond motifs is 15. The second-order valence-electron chi connectivity index (χ2n) is 31.8. The van der Waals surface area contributed by atoms with Crippen molar-refractivity contribution in [2.45, 2.75) is 0 Å². The Morgan fingerprint density at radius 1 is 0.0976 bits per heavy atom. The molecule has 0 aliphatic heterocycles. The van der Waals surface area contributed by atoms with Crippen molar-refractivity contribution < 1.29 is 13.3 Å². The van der Waals surface area contributed by atoms with Crippen LogP contribution in [0.2, 0.25) is 0 Å². The molecule has 0 bridgehead atoms. The summed E-state index contributed by atoms with van der Waals surface area (Å²) in [4.78, 5) is 0. The van der Waals surface area contributed by atoms with E-state index in [4.69, 9.17) is 13.3 Å². The van der Waals surface area contributed by atoms with Gasteiger partial charge in [0.1, 0.15) is 33.5 Å². The van der Waals surface area contributed by atoms with E-state index in [1.54, 1.807) is 0 Å². The van der Waals surface area contributed by atoms with Gasteiger partial charge in [0.05, 0.1) is 0 Å². The fourth-order valence-corrected chi connectivity index (χ4v) is 19.2. The van der Waals surface area contributed by atoms with Gasteiger partial charge in [-0.15, -0.1) is 0 Å². The van der Waals surface area contributed by atoms with Crippen molar-refractivity contribution in [2.24, 2.45) is 0 Å². The Morgan fingerprint density at radius 2 is 0.276 bits per heavy atom. The summed E-state index contributed by atoms with van der Waals surface area (Å²) in [5.41, 5.74) is 30.2. The number of para-hydroxylation sites is 3. The van der Waals surface area contributed by atoms with Gasteiger partial charge in [-0.3, -0.25) is 0 Å². The lowest BCUT2D eigenvalue weighted by atomic mass is 9.83. The fraction of sp³-hybridized carbons (Fsp3) is 0. The second kappa shape index (κ2) is 30.6. The van der Waals surface area contributed by atoms with Crippen LogP contribution in [0.4, 0.5) is 0 Å². The second-order valence-corrected chi connectivity index (χ2v) is 31.8. The van der Waals surface area contributed by atoms with Crippen LogP contribution in [0.5, 0.6) is 0 Å². The molecule has 0 radical (unpaired) electrons. The van der Waals surface area contributed by atoms with E-state index < -0.39 is 0 Å². The molecule has 3 aromatic heterocycles. The lowest BCUT2D eigenvalue weighted by Gasteiger charge is -2.19. The molecule has 0 amide bonds. The molecular formula is C120H76O3. The molecule has 0 atom stereocenters. The molecule has 3 heterocycles. The molecule has 22 aromatic carbocycles. The fourth-order valence-electron chi connectivity index (χ4n) is 19.2. The quantitative estimate of drug-likeness (QED) is 0.128. The highest BCUT2D eigenvalue weighted by molar-refractivity contribution is 6.26. The first-order chi connectivity index (χ1) is 61.0. The van der Waals surface area contributed by atoms with Crippen LogP contribution in [-0.2, 0) is 0 Å². The topological polar surface area (TPSA) is 39.4 Å². The van der Waals surface area contributed by atoms with Crippen molar-refractivity contribution in [3.8, 4) is 111 Å². The van der Waals surface area contributed by atoms with Crippen LogP contribution in [0, 0.1) is 0 Å². The summed E-state index contributed by atoms with van der Waals surface area (Å²) in [6.45, 7) is 0. The van der Waals surface area contributed by atoms with Crippen LogP contribution in [0.1, 0.15) is 0 Å². The third-order valence-corrected chi connectivity index (χ3v) is 24.9. The number of benzene rings is 22. The number of hydrogen-bond acceptors (Lipinski definition) is 3. The van der Waals surface area contributed by atoms with Gasteiger partial charge < -0.3 is 13.3 Å². The van der Waals surface area contributed by atoms with Crippen molar-refractivity contribution >= 4 is 130 Å². The third kappa shape index (κ3) is 12.8. The molecule has 0 fully saturated rings. The van der Waals surface area contributed by atoms with Crippen LogP contribution in [0.3, 0.4) is 0 Å². The molecule has 25 aromatic rings. The molecule has 574 valence electrons. The third-order valence-electron chi connectivity index (χ3n) is 24.9. The maximum absolute atomic E-state index is 6.16. The van der Waals surface area contributed by atoms with Gasteiger partial charge in [0.2, 0.25) is 0 Å². The summed E-state index contributed by atoms with van der Waals surface area (Å²) in [5.74, 6) is 0. The average Bonchev–Trinajstić information content (AvgIpc) is 1.58. The predicted molar refractivity (Wildman–Crippen MR) is 521 cm³/mol. The Hall–Kier alpha value is -16.2. The van der Waals surface area contributed by atoms with Crippen molar-refractivity contribution in [2.75, 3.05) is 0 Å². The molecule has 0 aliphatic rings. The molecule has 0 aliphatic carbocycles. The molecule has 0 spiro atoms. The van der Waals surface area contributed by atoms with Gasteiger partial charge in [-0.2, -0.15) is 0 Å². The van der Waals surface area contributed by atoms with Crippen LogP contribution in [0.25, 0.3) is 242 Å². The van der Waals surface area contributed by atoms with E-state index in [1.807, 2.05) is 36.4 Å². The predicted octanol–water partition coefficient (Wildman–Crippen LogP) is 34.3. The molecule has 123 heavy (non-hydrogen) atoms. The van der Waals surface area contributed by atoms with Crippen molar-refractivity contribution in [3.63, 3.8) is 0 Å². The van der Waals surface area contributed by atoms with Crippen molar-refractivity contribution in [1.29, 1.82) is 0 Å². The first kappa shape index (κ1) is 72.1. The first-order valence-corrected chi connectivity index (χ1v) is 42.2. The van der Waals surface area contributed by atoms with Crippen molar-refractivity contribution in [3.05, 3.63) is 461 Å². The number of rotatable bonds is 10. The van der Waals surface area contributed by atoms with E-state index in [-0.39, 0.29) is 0 Å². The monoisotopic (exact) mass is 1560 g/mol. The highest BCUT2D eigenvalue weighted by Gasteiger charge is 2.24. The Kier molecular flexibility index (Phi) is 17.9. The first-order valence-electron chi connectivity index (χ1n) is 42.2. The largest absolute Gasteiger partial charge is 0.456 e. The van der Waals surface area contributed by atoms with E-state index >= 15 is 0 Å². The van der Waals surface area contributed by atoms with Gasteiger partial charge in [-0.05, 0) is 231 Å². The summed E-state index contributed by atoms with van der Waals surface area (Å²) in [6.07, 6.45) is 0. The zero-order chi connectivity index (χ0) is 81.3. The average molecular weight is 1570 g/mol. The SMILES string of the molecule is c1ccc(-c2ccc(-c3c4ccccc4c(-c4ccc5oc6ccccc6c5c4)c4ccccc34)cc2)cc1.c1ccc(-c2ccc(-c3ccc(-c4c5ccccc5c(-c5ccc6oc7ccccc7c6c5)c5ccccc45)cc3)cc2)cc1.c1ccc(-c2ccccc2-c2c3ccccc3c(-c3ccc4oc5ccccc5c4c3)c3ccccc23)cc1. The zero-order valence-corrected chi connectivity index (χ0v) is 67.1. The summed E-state index contributed by atoms with van der Waals surface area (Å²) < 4.78 is 18.4. The van der Waals surface area contributed by atoms with Gasteiger partial charge >= 0.3 is 0 Å². The van der Waals surface area contributed by atoms with E-state index in [1.165, 1.54) is 176 Å². The molecule has 25 rings (SSSR count). The normalized spacial score (nSPS) is 11.6. The van der Waals surface area contributed by atoms with E-state index in [2.05, 4.69) is 425 Å². The molecule has 0 N–H and O–H groups in total. The van der Waals surface area contributed by atoms with E-state index in [0.29, 0.717) is 0 Å². The zero-order valence-electron chi connectivity index (χ0n) is 67.1. The highest BCUT2D eigenvalue weighted by atomic mass is 16.3. The minimum absolute atomic E-state index is 0.917. The molecule has 0 saturated carbocycles. The van der Waals surface area contributed by atoms with Gasteiger partial charge in [-0.25, -0.2) is 0 Å². The molecule has 3 nitrogen and oxygen atoms in total. The van der Waals surface area contributed by atoms with E-state index in [9.17, 15) is 0 Å². The van der Waals surface area contributed by atoms with Gasteiger partial charge in [0.15, 0.2) is 0 Å². The highest BCUT2D eigenvalue weighted by Crippen LogP contribution is 2.51. The van der Waals surface area contributed by atoms with Crippen LogP contribution >= 0.6 is 0 Å². The standard InChI is InChI=1S/C44H28O.2C38H24O/c1-2-10-29(11-3-1)30-18-20-31(21-19-30)32-22-24-33(25-23-32)43-36-13-4-6-15-38(36)44(39-16-7-5-14-37(39)43)34-26-27-42-40(28-34)35-12-8-9-17-41(35)45-42;1-2-10-25(11-3-1)26-18-20-27(21-19-26)37-30-13-4-6-15-32(30)38(33-16-7-5-14-31(33)37)28-22-23-36-34(24-28)29-12-8-9-17-35(29)39-36;1-2-12-25(13-3-1)27-14-4-5-16-29(27)38-32-19-8-6-17-30(32)37(31-18-7-9-20-33(31)38)26-22-23-36-34(24-26)28-15-10-11-21-35(28)39-36/h1-28H;2*1-24H. The summed E-state index contributed by atoms with van der Waals surface area (Å²) in [7, 11) is 0. The van der Waals surface area contributed by atoms with Crippen LogP contribution in [-0.4, -0.2) is 0 Å². The van der Waals surface area contributed by atoms with Gasteiger partial charge in [0.25, 0.3) is 0 Å². The Labute approximate surface area is 711 Å². The maximum Gasteiger partial charge on any atom is 0.135 e. The van der Waals surface area contributed by atoms with Gasteiger partial charge in [0, 0.05) is 32.3 Å². The minimum atomic E-state index is 0.917. The summed E-state index contributed by atoms with van der Waals surface area (Å²) in [6, 6.07) is 165. The maximum atomic E-state index is 6.16. The molecule has 0 saturated heterocycles. The number of furan rings is 3. The van der Waals surface area contributed by atoms with Crippen LogP contribution < -0.4 is 0 Å². The van der Waals surface area contributed by atoms with Gasteiger partial charge in [-0.1, -0.05) is 406 Å². The number of hydrogen-bond donors (Lipinski definition) is 0. The van der Waals surface area contributed by atoms with E-state index in [0.717, 1.165) is 65.8 Å². The minimum Gasteiger partial charge on any atom is -0.456 e.